The highest BCUT2D eigenvalue weighted by molar-refractivity contribution is 5.87. The molecule has 1 rings (SSSR count). The van der Waals surface area contributed by atoms with Gasteiger partial charge in [0.15, 0.2) is 0 Å². The van der Waals surface area contributed by atoms with E-state index in [9.17, 15) is 0 Å². The number of aliphatic imine (C=N–C) groups is 2. The second-order valence-corrected chi connectivity index (χ2v) is 3.55. The van der Waals surface area contributed by atoms with Crippen LogP contribution in [0.5, 0.6) is 0 Å². The topological polar surface area (TPSA) is 24.7 Å². The summed E-state index contributed by atoms with van der Waals surface area (Å²) in [5, 5.41) is 0. The molecule has 0 aliphatic rings. The third-order valence-electron chi connectivity index (χ3n) is 2.18. The Hall–Kier alpha value is -1.44. The number of hydrogen-bond donors (Lipinski definition) is 0. The molecule has 0 aromatic heterocycles. The highest BCUT2D eigenvalue weighted by Crippen LogP contribution is 2.27. The minimum Gasteiger partial charge on any atom is -0.262 e. The van der Waals surface area contributed by atoms with Crippen molar-refractivity contribution in [3.63, 3.8) is 0 Å². The van der Waals surface area contributed by atoms with Crippen LogP contribution in [0, 0.1) is 5.92 Å². The first-order valence-corrected chi connectivity index (χ1v) is 4.76. The SMILES string of the molecule is C=Nc1ccccc1N=C(C)C(C)C. The molecule has 0 atom stereocenters. The van der Waals surface area contributed by atoms with E-state index in [1.54, 1.807) is 0 Å². The highest BCUT2D eigenvalue weighted by atomic mass is 14.8. The lowest BCUT2D eigenvalue weighted by Crippen LogP contribution is -2.00. The molecule has 0 radical (unpaired) electrons. The van der Waals surface area contributed by atoms with Gasteiger partial charge in [0.1, 0.15) is 0 Å². The minimum absolute atomic E-state index is 0.466. The van der Waals surface area contributed by atoms with Crippen LogP contribution in [0.4, 0.5) is 11.4 Å². The molecule has 0 fully saturated rings. The summed E-state index contributed by atoms with van der Waals surface area (Å²) in [7, 11) is 0. The monoisotopic (exact) mass is 188 g/mol. The zero-order chi connectivity index (χ0) is 10.6. The fourth-order valence-electron chi connectivity index (χ4n) is 1.01. The van der Waals surface area contributed by atoms with Crippen LogP contribution in [0.1, 0.15) is 20.8 Å². The molecule has 0 heterocycles. The molecule has 14 heavy (non-hydrogen) atoms. The molecular weight excluding hydrogens is 172 g/mol. The van der Waals surface area contributed by atoms with Gasteiger partial charge < -0.3 is 0 Å². The molecule has 0 amide bonds. The average molecular weight is 188 g/mol. The second-order valence-electron chi connectivity index (χ2n) is 3.55. The van der Waals surface area contributed by atoms with E-state index in [1.165, 1.54) is 0 Å². The Morgan fingerprint density at radius 2 is 1.79 bits per heavy atom. The van der Waals surface area contributed by atoms with Crippen molar-refractivity contribution >= 4 is 23.8 Å². The van der Waals surface area contributed by atoms with Crippen LogP contribution < -0.4 is 0 Å². The van der Waals surface area contributed by atoms with Crippen molar-refractivity contribution < 1.29 is 0 Å². The molecular formula is C12H16N2. The van der Waals surface area contributed by atoms with Gasteiger partial charge in [0, 0.05) is 5.71 Å². The summed E-state index contributed by atoms with van der Waals surface area (Å²) in [6, 6.07) is 7.77. The summed E-state index contributed by atoms with van der Waals surface area (Å²) in [6.45, 7) is 9.81. The number of benzene rings is 1. The maximum atomic E-state index is 4.51. The molecule has 0 N–H and O–H groups in total. The van der Waals surface area contributed by atoms with E-state index in [-0.39, 0.29) is 0 Å². The standard InChI is InChI=1S/C12H16N2/c1-9(2)10(3)14-12-8-6-5-7-11(12)13-4/h5-9H,4H2,1-3H3. The van der Waals surface area contributed by atoms with E-state index in [1.807, 2.05) is 31.2 Å². The minimum atomic E-state index is 0.466. The molecule has 0 saturated carbocycles. The van der Waals surface area contributed by atoms with Gasteiger partial charge in [-0.25, -0.2) is 0 Å². The third-order valence-corrected chi connectivity index (χ3v) is 2.18. The number of nitrogens with zero attached hydrogens (tertiary/aromatic N) is 2. The second kappa shape index (κ2) is 4.70. The number of para-hydroxylation sites is 2. The Bertz CT molecular complexity index is 351. The number of rotatable bonds is 3. The van der Waals surface area contributed by atoms with Crippen LogP contribution in [0.25, 0.3) is 0 Å². The van der Waals surface area contributed by atoms with E-state index in [0.29, 0.717) is 5.92 Å². The molecule has 0 bridgehead atoms. The van der Waals surface area contributed by atoms with Crippen molar-refractivity contribution in [2.75, 3.05) is 0 Å². The molecule has 74 valence electrons. The lowest BCUT2D eigenvalue weighted by Gasteiger charge is -2.05. The van der Waals surface area contributed by atoms with Crippen LogP contribution in [-0.2, 0) is 0 Å². The van der Waals surface area contributed by atoms with E-state index in [2.05, 4.69) is 30.5 Å². The molecule has 2 nitrogen and oxygen atoms in total. The van der Waals surface area contributed by atoms with Gasteiger partial charge >= 0.3 is 0 Å². The smallest absolute Gasteiger partial charge is 0.0885 e. The Labute approximate surface area is 85.4 Å². The van der Waals surface area contributed by atoms with Crippen molar-refractivity contribution in [3.8, 4) is 0 Å². The van der Waals surface area contributed by atoms with Gasteiger partial charge in [-0.2, -0.15) is 0 Å². The van der Waals surface area contributed by atoms with Gasteiger partial charge in [0.25, 0.3) is 0 Å². The first-order valence-electron chi connectivity index (χ1n) is 4.76. The maximum Gasteiger partial charge on any atom is 0.0885 e. The zero-order valence-electron chi connectivity index (χ0n) is 8.99. The predicted molar refractivity (Wildman–Crippen MR) is 63.3 cm³/mol. The molecule has 0 aliphatic carbocycles. The van der Waals surface area contributed by atoms with Gasteiger partial charge in [-0.15, -0.1) is 0 Å². The predicted octanol–water partition coefficient (Wildman–Crippen LogP) is 3.77. The van der Waals surface area contributed by atoms with Crippen molar-refractivity contribution in [2.45, 2.75) is 20.8 Å². The van der Waals surface area contributed by atoms with Gasteiger partial charge in [-0.05, 0) is 31.7 Å². The lowest BCUT2D eigenvalue weighted by atomic mass is 10.1. The summed E-state index contributed by atoms with van der Waals surface area (Å²) in [5.41, 5.74) is 2.85. The Morgan fingerprint density at radius 3 is 2.29 bits per heavy atom. The highest BCUT2D eigenvalue weighted by Gasteiger charge is 2.01. The fourth-order valence-corrected chi connectivity index (χ4v) is 1.01. The van der Waals surface area contributed by atoms with Gasteiger partial charge in [-0.3, -0.25) is 9.98 Å². The largest absolute Gasteiger partial charge is 0.262 e. The summed E-state index contributed by atoms with van der Waals surface area (Å²) in [5.74, 6) is 0.466. The van der Waals surface area contributed by atoms with E-state index in [4.69, 9.17) is 0 Å². The normalized spacial score (nSPS) is 11.9. The Balaban J connectivity index is 3.07. The quantitative estimate of drug-likeness (QED) is 0.645. The van der Waals surface area contributed by atoms with E-state index < -0.39 is 0 Å². The lowest BCUT2D eigenvalue weighted by molar-refractivity contribution is 0.879. The van der Waals surface area contributed by atoms with Crippen molar-refractivity contribution in [3.05, 3.63) is 24.3 Å². The van der Waals surface area contributed by atoms with Gasteiger partial charge in [0.2, 0.25) is 0 Å². The number of hydrogen-bond acceptors (Lipinski definition) is 2. The molecule has 0 saturated heterocycles. The maximum absolute atomic E-state index is 4.51. The van der Waals surface area contributed by atoms with E-state index >= 15 is 0 Å². The molecule has 0 unspecified atom stereocenters. The third kappa shape index (κ3) is 2.52. The molecule has 0 aliphatic heterocycles. The summed E-state index contributed by atoms with van der Waals surface area (Å²) in [4.78, 5) is 8.44. The summed E-state index contributed by atoms with van der Waals surface area (Å²) < 4.78 is 0. The zero-order valence-corrected chi connectivity index (χ0v) is 8.99. The van der Waals surface area contributed by atoms with Gasteiger partial charge in [-0.1, -0.05) is 26.0 Å². The first kappa shape index (κ1) is 10.6. The van der Waals surface area contributed by atoms with Gasteiger partial charge in [0.05, 0.1) is 11.4 Å². The van der Waals surface area contributed by atoms with Crippen molar-refractivity contribution in [1.29, 1.82) is 0 Å². The van der Waals surface area contributed by atoms with Crippen LogP contribution in [-0.4, -0.2) is 12.4 Å². The van der Waals surface area contributed by atoms with Crippen molar-refractivity contribution in [2.24, 2.45) is 15.9 Å². The van der Waals surface area contributed by atoms with Crippen molar-refractivity contribution in [1.82, 2.24) is 0 Å². The molecule has 1 aromatic rings. The first-order chi connectivity index (χ1) is 6.65. The van der Waals surface area contributed by atoms with Crippen LogP contribution in [0.3, 0.4) is 0 Å². The Morgan fingerprint density at radius 1 is 1.21 bits per heavy atom. The van der Waals surface area contributed by atoms with E-state index in [0.717, 1.165) is 17.1 Å². The van der Waals surface area contributed by atoms with Crippen LogP contribution >= 0.6 is 0 Å². The summed E-state index contributed by atoms with van der Waals surface area (Å²) >= 11 is 0. The Kier molecular flexibility index (Phi) is 3.57. The van der Waals surface area contributed by atoms with Crippen LogP contribution in [0.15, 0.2) is 34.3 Å². The molecule has 0 spiro atoms. The average Bonchev–Trinajstić information content (AvgIpc) is 2.18. The molecule has 2 heteroatoms. The molecule has 1 aromatic carbocycles. The fraction of sp³-hybridized carbons (Fsp3) is 0.333. The summed E-state index contributed by atoms with van der Waals surface area (Å²) in [6.07, 6.45) is 0. The van der Waals surface area contributed by atoms with Crippen LogP contribution in [0.2, 0.25) is 0 Å².